The molecule has 2 rings (SSSR count). The molecule has 1 N–H and O–H groups in total. The second-order valence-electron chi connectivity index (χ2n) is 3.20. The summed E-state index contributed by atoms with van der Waals surface area (Å²) in [5.41, 5.74) is 2.45. The van der Waals surface area contributed by atoms with Crippen LogP contribution in [0.1, 0.15) is 13.3 Å². The minimum Gasteiger partial charge on any atom is -0.305 e. The van der Waals surface area contributed by atoms with Gasteiger partial charge in [0.05, 0.1) is 11.0 Å². The van der Waals surface area contributed by atoms with Gasteiger partial charge in [0.15, 0.2) is 0 Å². The zero-order valence-corrected chi connectivity index (χ0v) is 8.08. The Morgan fingerprint density at radius 3 is 2.93 bits per heavy atom. The number of H-pyrrole nitrogens is 1. The number of para-hydroxylation sites is 2. The molecule has 0 saturated heterocycles. The van der Waals surface area contributed by atoms with Crippen molar-refractivity contribution in [2.45, 2.75) is 13.3 Å². The Labute approximate surface area is 81.7 Å². The molecule has 0 bridgehead atoms. The van der Waals surface area contributed by atoms with E-state index in [-0.39, 0.29) is 5.69 Å². The average molecular weight is 188 g/mol. The number of aromatic amines is 1. The summed E-state index contributed by atoms with van der Waals surface area (Å²) in [5.74, 6) is 0. The molecule has 3 nitrogen and oxygen atoms in total. The second kappa shape index (κ2) is 3.18. The summed E-state index contributed by atoms with van der Waals surface area (Å²) >= 11 is 0. The van der Waals surface area contributed by atoms with Crippen molar-refractivity contribution < 1.29 is 0 Å². The van der Waals surface area contributed by atoms with E-state index in [0.717, 1.165) is 23.2 Å². The summed E-state index contributed by atoms with van der Waals surface area (Å²) in [4.78, 5) is 14.4. The van der Waals surface area contributed by atoms with E-state index in [2.05, 4.69) is 11.6 Å². The van der Waals surface area contributed by atoms with Gasteiger partial charge in [-0.2, -0.15) is 0 Å². The summed E-state index contributed by atoms with van der Waals surface area (Å²) in [7, 11) is 0. The molecule has 72 valence electrons. The van der Waals surface area contributed by atoms with E-state index in [1.54, 1.807) is 4.57 Å². The van der Waals surface area contributed by atoms with Gasteiger partial charge in [0.25, 0.3) is 0 Å². The van der Waals surface area contributed by atoms with Crippen LogP contribution in [0.4, 0.5) is 0 Å². The van der Waals surface area contributed by atoms with Crippen LogP contribution >= 0.6 is 0 Å². The van der Waals surface area contributed by atoms with Gasteiger partial charge in [0.1, 0.15) is 0 Å². The van der Waals surface area contributed by atoms with Crippen molar-refractivity contribution in [2.24, 2.45) is 0 Å². The molecule has 1 aromatic carbocycles. The Morgan fingerprint density at radius 2 is 2.21 bits per heavy atom. The monoisotopic (exact) mass is 188 g/mol. The van der Waals surface area contributed by atoms with Crippen LogP contribution < -0.4 is 5.69 Å². The van der Waals surface area contributed by atoms with E-state index in [4.69, 9.17) is 0 Å². The fourth-order valence-corrected chi connectivity index (χ4v) is 1.53. The molecule has 0 aliphatic heterocycles. The fraction of sp³-hybridized carbons (Fsp3) is 0.182. The summed E-state index contributed by atoms with van der Waals surface area (Å²) in [6.07, 6.45) is 0.766. The molecular formula is C11H12N2O. The van der Waals surface area contributed by atoms with Crippen molar-refractivity contribution >= 4 is 16.7 Å². The third kappa shape index (κ3) is 1.18. The highest BCUT2D eigenvalue weighted by molar-refractivity contribution is 5.78. The number of aromatic nitrogens is 2. The maximum absolute atomic E-state index is 11.6. The SMILES string of the molecule is C=C(CC)n1c(=O)[nH]c2ccccc21. The highest BCUT2D eigenvalue weighted by atomic mass is 16.1. The first-order chi connectivity index (χ1) is 6.74. The van der Waals surface area contributed by atoms with E-state index < -0.39 is 0 Å². The van der Waals surface area contributed by atoms with Crippen molar-refractivity contribution in [3.8, 4) is 0 Å². The average Bonchev–Trinajstić information content (AvgIpc) is 2.53. The summed E-state index contributed by atoms with van der Waals surface area (Å²) in [6, 6.07) is 7.61. The minimum absolute atomic E-state index is 0.113. The largest absolute Gasteiger partial charge is 0.330 e. The maximum Gasteiger partial charge on any atom is 0.330 e. The van der Waals surface area contributed by atoms with E-state index in [1.807, 2.05) is 31.2 Å². The molecule has 0 aliphatic carbocycles. The van der Waals surface area contributed by atoms with Gasteiger partial charge in [-0.3, -0.25) is 4.57 Å². The fourth-order valence-electron chi connectivity index (χ4n) is 1.53. The molecule has 0 fully saturated rings. The van der Waals surface area contributed by atoms with Crippen molar-refractivity contribution in [3.05, 3.63) is 41.3 Å². The molecule has 1 heterocycles. The molecular weight excluding hydrogens is 176 g/mol. The first-order valence-corrected chi connectivity index (χ1v) is 4.62. The van der Waals surface area contributed by atoms with Crippen LogP contribution in [0.2, 0.25) is 0 Å². The zero-order valence-electron chi connectivity index (χ0n) is 8.08. The van der Waals surface area contributed by atoms with E-state index >= 15 is 0 Å². The highest BCUT2D eigenvalue weighted by Gasteiger charge is 2.06. The Kier molecular flexibility index (Phi) is 2.00. The topological polar surface area (TPSA) is 37.8 Å². The van der Waals surface area contributed by atoms with Crippen LogP contribution in [-0.4, -0.2) is 9.55 Å². The van der Waals surface area contributed by atoms with Gasteiger partial charge in [-0.05, 0) is 18.6 Å². The lowest BCUT2D eigenvalue weighted by Gasteiger charge is -2.02. The summed E-state index contributed by atoms with van der Waals surface area (Å²) in [5, 5.41) is 0. The van der Waals surface area contributed by atoms with Gasteiger partial charge in [-0.25, -0.2) is 4.79 Å². The zero-order chi connectivity index (χ0) is 10.1. The Hall–Kier alpha value is -1.77. The normalized spacial score (nSPS) is 10.6. The molecule has 14 heavy (non-hydrogen) atoms. The number of allylic oxidation sites excluding steroid dienone is 1. The van der Waals surface area contributed by atoms with Crippen LogP contribution in [0.15, 0.2) is 35.6 Å². The molecule has 2 aromatic rings. The van der Waals surface area contributed by atoms with E-state index in [1.165, 1.54) is 0 Å². The predicted molar refractivity (Wildman–Crippen MR) is 58.2 cm³/mol. The van der Waals surface area contributed by atoms with Crippen molar-refractivity contribution in [1.29, 1.82) is 0 Å². The lowest BCUT2D eigenvalue weighted by Crippen LogP contribution is -2.14. The van der Waals surface area contributed by atoms with Crippen LogP contribution in [-0.2, 0) is 0 Å². The summed E-state index contributed by atoms with van der Waals surface area (Å²) < 4.78 is 1.62. The number of fused-ring (bicyclic) bond motifs is 1. The van der Waals surface area contributed by atoms with Gasteiger partial charge >= 0.3 is 5.69 Å². The van der Waals surface area contributed by atoms with E-state index in [9.17, 15) is 4.79 Å². The summed E-state index contributed by atoms with van der Waals surface area (Å²) in [6.45, 7) is 5.85. The quantitative estimate of drug-likeness (QED) is 0.770. The molecule has 0 amide bonds. The third-order valence-corrected chi connectivity index (χ3v) is 2.31. The predicted octanol–water partition coefficient (Wildman–Crippen LogP) is 2.21. The molecule has 0 spiro atoms. The third-order valence-electron chi connectivity index (χ3n) is 2.31. The standard InChI is InChI=1S/C11H12N2O/c1-3-8(2)13-10-7-5-4-6-9(10)12-11(13)14/h4-7H,2-3H2,1H3,(H,12,14). The van der Waals surface area contributed by atoms with Gasteiger partial charge in [0.2, 0.25) is 0 Å². The Bertz CT molecular complexity index is 533. The molecule has 0 aliphatic rings. The number of benzene rings is 1. The Morgan fingerprint density at radius 1 is 1.50 bits per heavy atom. The number of hydrogen-bond acceptors (Lipinski definition) is 1. The smallest absolute Gasteiger partial charge is 0.305 e. The van der Waals surface area contributed by atoms with Crippen LogP contribution in [0.5, 0.6) is 0 Å². The van der Waals surface area contributed by atoms with Crippen LogP contribution in [0.3, 0.4) is 0 Å². The first-order valence-electron chi connectivity index (χ1n) is 4.62. The van der Waals surface area contributed by atoms with Gasteiger partial charge in [-0.15, -0.1) is 0 Å². The van der Waals surface area contributed by atoms with Crippen LogP contribution in [0.25, 0.3) is 16.7 Å². The van der Waals surface area contributed by atoms with Gasteiger partial charge in [-0.1, -0.05) is 25.6 Å². The highest BCUT2D eigenvalue weighted by Crippen LogP contribution is 2.14. The number of nitrogens with one attached hydrogen (secondary N) is 1. The maximum atomic E-state index is 11.6. The van der Waals surface area contributed by atoms with Crippen molar-refractivity contribution in [3.63, 3.8) is 0 Å². The molecule has 3 heteroatoms. The first kappa shape index (κ1) is 8.81. The number of imidazole rings is 1. The van der Waals surface area contributed by atoms with Gasteiger partial charge in [0, 0.05) is 5.70 Å². The number of hydrogen-bond donors (Lipinski definition) is 1. The van der Waals surface area contributed by atoms with Crippen molar-refractivity contribution in [1.82, 2.24) is 9.55 Å². The lowest BCUT2D eigenvalue weighted by molar-refractivity contribution is 0.984. The molecule has 1 aromatic heterocycles. The molecule has 0 saturated carbocycles. The number of nitrogens with zero attached hydrogens (tertiary/aromatic N) is 1. The van der Waals surface area contributed by atoms with Crippen LogP contribution in [0, 0.1) is 0 Å². The molecule has 0 atom stereocenters. The molecule has 0 radical (unpaired) electrons. The van der Waals surface area contributed by atoms with E-state index in [0.29, 0.717) is 0 Å². The lowest BCUT2D eigenvalue weighted by atomic mass is 10.3. The second-order valence-corrected chi connectivity index (χ2v) is 3.20. The van der Waals surface area contributed by atoms with Crippen molar-refractivity contribution in [2.75, 3.05) is 0 Å². The minimum atomic E-state index is -0.113. The molecule has 0 unspecified atom stereocenters. The number of rotatable bonds is 2. The van der Waals surface area contributed by atoms with Gasteiger partial charge < -0.3 is 4.98 Å². The Balaban J connectivity index is 2.81.